The largest absolute Gasteiger partial charge is 0.467 e. The lowest BCUT2D eigenvalue weighted by Gasteiger charge is -2.44. The quantitative estimate of drug-likeness (QED) is 0.914. The summed E-state index contributed by atoms with van der Waals surface area (Å²) in [5, 5.41) is 3.44. The number of hydrogen-bond donors (Lipinski definition) is 1. The van der Waals surface area contributed by atoms with Crippen LogP contribution in [0.1, 0.15) is 37.9 Å². The number of anilines is 1. The SMILES string of the molecule is COc1nc2c(c(N3[C@H](C)CC(OC)C[C@@H]3C)n1)CNCC2. The third-order valence-corrected chi connectivity index (χ3v) is 4.81. The molecule has 6 nitrogen and oxygen atoms in total. The molecule has 22 heavy (non-hydrogen) atoms. The molecule has 0 spiro atoms. The Bertz CT molecular complexity index is 525. The van der Waals surface area contributed by atoms with Crippen LogP contribution in [0.2, 0.25) is 0 Å². The van der Waals surface area contributed by atoms with Gasteiger partial charge in [0.15, 0.2) is 0 Å². The van der Waals surface area contributed by atoms with Crippen LogP contribution in [0.25, 0.3) is 0 Å². The Morgan fingerprint density at radius 2 is 1.86 bits per heavy atom. The van der Waals surface area contributed by atoms with E-state index in [2.05, 4.69) is 29.0 Å². The molecule has 0 amide bonds. The fraction of sp³-hybridized carbons (Fsp3) is 0.750. The van der Waals surface area contributed by atoms with Crippen LogP contribution in [0.15, 0.2) is 0 Å². The Hall–Kier alpha value is -1.40. The molecule has 1 fully saturated rings. The van der Waals surface area contributed by atoms with Crippen LogP contribution in [-0.2, 0) is 17.7 Å². The number of methoxy groups -OCH3 is 2. The topological polar surface area (TPSA) is 59.5 Å². The average molecular weight is 306 g/mol. The maximum atomic E-state index is 5.58. The lowest BCUT2D eigenvalue weighted by atomic mass is 9.93. The smallest absolute Gasteiger partial charge is 0.318 e. The normalized spacial score (nSPS) is 28.4. The number of rotatable bonds is 3. The molecule has 6 heteroatoms. The van der Waals surface area contributed by atoms with Crippen molar-refractivity contribution in [2.24, 2.45) is 0 Å². The van der Waals surface area contributed by atoms with Crippen LogP contribution < -0.4 is 15.0 Å². The molecule has 1 aromatic heterocycles. The van der Waals surface area contributed by atoms with E-state index in [4.69, 9.17) is 14.5 Å². The fourth-order valence-corrected chi connectivity index (χ4v) is 3.74. The number of hydrogen-bond acceptors (Lipinski definition) is 6. The molecule has 0 aliphatic carbocycles. The zero-order chi connectivity index (χ0) is 15.7. The zero-order valence-electron chi connectivity index (χ0n) is 13.9. The number of piperidine rings is 1. The van der Waals surface area contributed by atoms with Crippen LogP contribution in [0.4, 0.5) is 5.82 Å². The van der Waals surface area contributed by atoms with Gasteiger partial charge in [-0.25, -0.2) is 0 Å². The van der Waals surface area contributed by atoms with Gasteiger partial charge >= 0.3 is 6.01 Å². The number of aromatic nitrogens is 2. The minimum absolute atomic E-state index is 0.332. The molecular weight excluding hydrogens is 280 g/mol. The van der Waals surface area contributed by atoms with Crippen molar-refractivity contribution in [3.8, 4) is 6.01 Å². The molecule has 3 rings (SSSR count). The van der Waals surface area contributed by atoms with Gasteiger partial charge in [0.2, 0.25) is 0 Å². The van der Waals surface area contributed by atoms with E-state index in [1.165, 1.54) is 5.56 Å². The molecule has 2 aliphatic heterocycles. The van der Waals surface area contributed by atoms with E-state index in [1.807, 2.05) is 0 Å². The second kappa shape index (κ2) is 6.38. The lowest BCUT2D eigenvalue weighted by Crippen LogP contribution is -2.50. The molecule has 122 valence electrons. The van der Waals surface area contributed by atoms with E-state index in [0.29, 0.717) is 24.2 Å². The molecule has 1 N–H and O–H groups in total. The van der Waals surface area contributed by atoms with Gasteiger partial charge in [-0.15, -0.1) is 0 Å². The van der Waals surface area contributed by atoms with Crippen molar-refractivity contribution in [2.75, 3.05) is 25.7 Å². The Balaban J connectivity index is 1.99. The third-order valence-electron chi connectivity index (χ3n) is 4.81. The van der Waals surface area contributed by atoms with Crippen LogP contribution in [0.3, 0.4) is 0 Å². The van der Waals surface area contributed by atoms with Crippen molar-refractivity contribution in [1.82, 2.24) is 15.3 Å². The summed E-state index contributed by atoms with van der Waals surface area (Å²) in [6, 6.07) is 1.25. The molecule has 0 bridgehead atoms. The minimum Gasteiger partial charge on any atom is -0.467 e. The Morgan fingerprint density at radius 1 is 1.14 bits per heavy atom. The first-order valence-electron chi connectivity index (χ1n) is 8.09. The molecule has 1 unspecified atom stereocenters. The van der Waals surface area contributed by atoms with Crippen molar-refractivity contribution < 1.29 is 9.47 Å². The van der Waals surface area contributed by atoms with Crippen molar-refractivity contribution in [2.45, 2.75) is 57.8 Å². The highest BCUT2D eigenvalue weighted by Gasteiger charge is 2.34. The molecule has 0 saturated carbocycles. The average Bonchev–Trinajstić information content (AvgIpc) is 2.53. The van der Waals surface area contributed by atoms with E-state index < -0.39 is 0 Å². The van der Waals surface area contributed by atoms with Crippen LogP contribution in [-0.4, -0.2) is 48.9 Å². The summed E-state index contributed by atoms with van der Waals surface area (Å²) in [4.78, 5) is 11.7. The molecule has 2 aliphatic rings. The van der Waals surface area contributed by atoms with E-state index in [-0.39, 0.29) is 0 Å². The Morgan fingerprint density at radius 3 is 2.50 bits per heavy atom. The summed E-state index contributed by atoms with van der Waals surface area (Å²) in [7, 11) is 3.44. The summed E-state index contributed by atoms with van der Waals surface area (Å²) < 4.78 is 10.9. The summed E-state index contributed by atoms with van der Waals surface area (Å²) in [6.45, 7) is 6.29. The predicted molar refractivity (Wildman–Crippen MR) is 85.4 cm³/mol. The van der Waals surface area contributed by atoms with Crippen LogP contribution in [0.5, 0.6) is 6.01 Å². The van der Waals surface area contributed by atoms with Crippen molar-refractivity contribution in [1.29, 1.82) is 0 Å². The summed E-state index contributed by atoms with van der Waals surface area (Å²) >= 11 is 0. The number of nitrogens with one attached hydrogen (secondary N) is 1. The van der Waals surface area contributed by atoms with Gasteiger partial charge in [-0.05, 0) is 26.7 Å². The summed E-state index contributed by atoms with van der Waals surface area (Å²) in [5.41, 5.74) is 2.34. The Labute approximate surface area is 132 Å². The third kappa shape index (κ3) is 2.77. The number of nitrogens with zero attached hydrogens (tertiary/aromatic N) is 3. The fourth-order valence-electron chi connectivity index (χ4n) is 3.74. The van der Waals surface area contributed by atoms with Gasteiger partial charge in [-0.2, -0.15) is 9.97 Å². The van der Waals surface area contributed by atoms with Crippen LogP contribution >= 0.6 is 0 Å². The molecular formula is C16H26N4O2. The molecule has 0 radical (unpaired) electrons. The van der Waals surface area contributed by atoms with E-state index >= 15 is 0 Å². The number of fused-ring (bicyclic) bond motifs is 1. The van der Waals surface area contributed by atoms with Crippen LogP contribution in [0, 0.1) is 0 Å². The molecule has 1 saturated heterocycles. The van der Waals surface area contributed by atoms with Gasteiger partial charge in [0, 0.05) is 44.3 Å². The molecule has 3 atom stereocenters. The second-order valence-corrected chi connectivity index (χ2v) is 6.32. The first kappa shape index (κ1) is 15.5. The van der Waals surface area contributed by atoms with Crippen molar-refractivity contribution in [3.05, 3.63) is 11.3 Å². The maximum Gasteiger partial charge on any atom is 0.318 e. The van der Waals surface area contributed by atoms with Gasteiger partial charge in [-0.3, -0.25) is 0 Å². The Kier molecular flexibility index (Phi) is 4.49. The summed E-state index contributed by atoms with van der Waals surface area (Å²) in [5.74, 6) is 1.03. The van der Waals surface area contributed by atoms with Gasteiger partial charge < -0.3 is 19.7 Å². The lowest BCUT2D eigenvalue weighted by molar-refractivity contribution is 0.0611. The predicted octanol–water partition coefficient (Wildman–Crippen LogP) is 1.52. The van der Waals surface area contributed by atoms with Gasteiger partial charge in [0.25, 0.3) is 0 Å². The summed E-state index contributed by atoms with van der Waals surface area (Å²) in [6.07, 6.45) is 3.31. The van der Waals surface area contributed by atoms with Gasteiger partial charge in [0.1, 0.15) is 5.82 Å². The van der Waals surface area contributed by atoms with Gasteiger partial charge in [0.05, 0.1) is 18.9 Å². The van der Waals surface area contributed by atoms with E-state index in [0.717, 1.165) is 43.9 Å². The van der Waals surface area contributed by atoms with E-state index in [9.17, 15) is 0 Å². The highest BCUT2D eigenvalue weighted by atomic mass is 16.5. The second-order valence-electron chi connectivity index (χ2n) is 6.32. The van der Waals surface area contributed by atoms with Crippen molar-refractivity contribution >= 4 is 5.82 Å². The standard InChI is InChI=1S/C16H26N4O2/c1-10-7-12(21-3)8-11(2)20(10)15-13-9-17-6-5-14(13)18-16(19-15)22-4/h10-12,17H,5-9H2,1-4H3/t10-,11+,12?. The first-order chi connectivity index (χ1) is 10.6. The highest BCUT2D eigenvalue weighted by molar-refractivity contribution is 5.53. The molecule has 0 aromatic carbocycles. The van der Waals surface area contributed by atoms with Crippen molar-refractivity contribution in [3.63, 3.8) is 0 Å². The van der Waals surface area contributed by atoms with Gasteiger partial charge in [-0.1, -0.05) is 0 Å². The zero-order valence-corrected chi connectivity index (χ0v) is 13.9. The van der Waals surface area contributed by atoms with E-state index in [1.54, 1.807) is 14.2 Å². The first-order valence-corrected chi connectivity index (χ1v) is 8.09. The molecule has 1 aromatic rings. The highest BCUT2D eigenvalue weighted by Crippen LogP contribution is 2.34. The minimum atomic E-state index is 0.332. The number of ether oxygens (including phenoxy) is 2. The monoisotopic (exact) mass is 306 g/mol. The maximum absolute atomic E-state index is 5.58. The molecule has 3 heterocycles.